The van der Waals surface area contributed by atoms with Crippen LogP contribution in [0.25, 0.3) is 0 Å². The molecule has 0 aromatic heterocycles. The number of amides is 1. The summed E-state index contributed by atoms with van der Waals surface area (Å²) in [7, 11) is 0.601. The van der Waals surface area contributed by atoms with Gasteiger partial charge in [-0.2, -0.15) is 0 Å². The van der Waals surface area contributed by atoms with E-state index in [1.807, 2.05) is 24.3 Å². The van der Waals surface area contributed by atoms with Gasteiger partial charge in [-0.25, -0.2) is 0 Å². The fourth-order valence-corrected chi connectivity index (χ4v) is 2.86. The summed E-state index contributed by atoms with van der Waals surface area (Å²) in [5.41, 5.74) is 1.49. The van der Waals surface area contributed by atoms with E-state index in [0.29, 0.717) is 17.0 Å². The summed E-state index contributed by atoms with van der Waals surface area (Å²) < 4.78 is 16.6. The highest BCUT2D eigenvalue weighted by Gasteiger charge is 2.21. The molecule has 1 N–H and O–H groups in total. The van der Waals surface area contributed by atoms with Crippen LogP contribution in [0, 0.1) is 0 Å². The molecule has 1 amide bonds. The normalized spacial score (nSPS) is 12.5. The van der Waals surface area contributed by atoms with Crippen molar-refractivity contribution in [2.24, 2.45) is 0 Å². The van der Waals surface area contributed by atoms with Crippen molar-refractivity contribution in [3.05, 3.63) is 59.7 Å². The second-order valence-corrected chi connectivity index (χ2v) is 7.65. The first kappa shape index (κ1) is 18.2. The van der Waals surface area contributed by atoms with Crippen molar-refractivity contribution in [1.82, 2.24) is 5.32 Å². The number of carbonyl (C=O) groups is 1. The summed E-state index contributed by atoms with van der Waals surface area (Å²) >= 11 is 0. The quantitative estimate of drug-likeness (QED) is 0.875. The zero-order valence-electron chi connectivity index (χ0n) is 14.5. The van der Waals surface area contributed by atoms with Crippen LogP contribution in [0.4, 0.5) is 0 Å². The molecule has 0 spiro atoms. The van der Waals surface area contributed by atoms with E-state index in [9.17, 15) is 9.00 Å². The molecule has 1 unspecified atom stereocenters. The van der Waals surface area contributed by atoms with Gasteiger partial charge < -0.3 is 10.1 Å². The number of hydrogen-bond acceptors (Lipinski definition) is 3. The second-order valence-electron chi connectivity index (χ2n) is 6.27. The molecule has 0 fully saturated rings. The van der Waals surface area contributed by atoms with Gasteiger partial charge in [-0.3, -0.25) is 9.00 Å². The summed E-state index contributed by atoms with van der Waals surface area (Å²) in [5, 5.41) is 2.97. The van der Waals surface area contributed by atoms with E-state index in [-0.39, 0.29) is 11.3 Å². The van der Waals surface area contributed by atoms with E-state index in [1.54, 1.807) is 37.6 Å². The fourth-order valence-electron chi connectivity index (χ4n) is 2.35. The van der Waals surface area contributed by atoms with Crippen LogP contribution in [0.15, 0.2) is 53.4 Å². The number of carbonyl (C=O) groups excluding carboxylic acids is 1. The summed E-state index contributed by atoms with van der Waals surface area (Å²) in [6.07, 6.45) is 1.62. The highest BCUT2D eigenvalue weighted by Crippen LogP contribution is 2.24. The summed E-state index contributed by atoms with van der Waals surface area (Å²) in [6, 6.07) is 14.7. The predicted molar refractivity (Wildman–Crippen MR) is 97.1 cm³/mol. The van der Waals surface area contributed by atoms with Crippen molar-refractivity contribution >= 4 is 16.7 Å². The lowest BCUT2D eigenvalue weighted by Crippen LogP contribution is -2.36. The summed E-state index contributed by atoms with van der Waals surface area (Å²) in [5.74, 6) is 0.678. The Bertz CT molecular complexity index is 721. The molecule has 0 bridgehead atoms. The van der Waals surface area contributed by atoms with Crippen molar-refractivity contribution in [1.29, 1.82) is 0 Å². The van der Waals surface area contributed by atoms with Gasteiger partial charge in [-0.15, -0.1) is 0 Å². The Morgan fingerprint density at radius 2 is 1.67 bits per heavy atom. The van der Waals surface area contributed by atoms with Crippen LogP contribution >= 0.6 is 0 Å². The molecule has 2 aromatic carbocycles. The zero-order valence-corrected chi connectivity index (χ0v) is 15.3. The molecule has 2 rings (SSSR count). The molecule has 0 radical (unpaired) electrons. The number of nitrogens with one attached hydrogen (secondary N) is 1. The van der Waals surface area contributed by atoms with Gasteiger partial charge in [0.2, 0.25) is 0 Å². The van der Waals surface area contributed by atoms with Crippen molar-refractivity contribution in [3.8, 4) is 5.75 Å². The van der Waals surface area contributed by atoms with Crippen LogP contribution in [-0.4, -0.2) is 30.0 Å². The minimum absolute atomic E-state index is 0.134. The van der Waals surface area contributed by atoms with Crippen molar-refractivity contribution < 1.29 is 13.7 Å². The SMILES string of the molecule is COc1ccc(C(C)(C)CNC(=O)c2ccc(S(C)=O)cc2)cc1. The zero-order chi connectivity index (χ0) is 17.7. The number of rotatable bonds is 6. The van der Waals surface area contributed by atoms with Gasteiger partial charge in [0, 0.05) is 39.5 Å². The smallest absolute Gasteiger partial charge is 0.251 e. The van der Waals surface area contributed by atoms with Gasteiger partial charge in [0.05, 0.1) is 7.11 Å². The van der Waals surface area contributed by atoms with Crippen molar-refractivity contribution in [3.63, 3.8) is 0 Å². The number of hydrogen-bond donors (Lipinski definition) is 1. The van der Waals surface area contributed by atoms with E-state index >= 15 is 0 Å². The maximum absolute atomic E-state index is 12.3. The van der Waals surface area contributed by atoms with Crippen LogP contribution < -0.4 is 10.1 Å². The Kier molecular flexibility index (Phi) is 5.78. The lowest BCUT2D eigenvalue weighted by molar-refractivity contribution is 0.0945. The lowest BCUT2D eigenvalue weighted by atomic mass is 9.84. The average Bonchev–Trinajstić information content (AvgIpc) is 2.60. The Labute approximate surface area is 145 Å². The van der Waals surface area contributed by atoms with E-state index < -0.39 is 10.8 Å². The van der Waals surface area contributed by atoms with E-state index in [0.717, 1.165) is 11.3 Å². The Hall–Kier alpha value is -2.14. The van der Waals surface area contributed by atoms with E-state index in [2.05, 4.69) is 19.2 Å². The first-order valence-corrected chi connectivity index (χ1v) is 9.25. The average molecular weight is 345 g/mol. The van der Waals surface area contributed by atoms with Crippen molar-refractivity contribution in [2.75, 3.05) is 19.9 Å². The fraction of sp³-hybridized carbons (Fsp3) is 0.316. The molecule has 2 aromatic rings. The lowest BCUT2D eigenvalue weighted by Gasteiger charge is -2.26. The summed E-state index contributed by atoms with van der Waals surface area (Å²) in [4.78, 5) is 13.0. The van der Waals surface area contributed by atoms with Crippen LogP contribution in [0.5, 0.6) is 5.75 Å². The summed E-state index contributed by atoms with van der Waals surface area (Å²) in [6.45, 7) is 4.68. The highest BCUT2D eigenvalue weighted by molar-refractivity contribution is 7.84. The molecular weight excluding hydrogens is 322 g/mol. The Morgan fingerprint density at radius 3 is 2.17 bits per heavy atom. The monoisotopic (exact) mass is 345 g/mol. The number of benzene rings is 2. The van der Waals surface area contributed by atoms with Gasteiger partial charge in [0.15, 0.2) is 0 Å². The van der Waals surface area contributed by atoms with Gasteiger partial charge >= 0.3 is 0 Å². The molecule has 128 valence electrons. The van der Waals surface area contributed by atoms with Gasteiger partial charge in [0.1, 0.15) is 5.75 Å². The molecule has 0 saturated heterocycles. The van der Waals surface area contributed by atoms with Crippen molar-refractivity contribution in [2.45, 2.75) is 24.2 Å². The van der Waals surface area contributed by atoms with Crippen LogP contribution in [-0.2, 0) is 16.2 Å². The first-order chi connectivity index (χ1) is 11.3. The molecule has 0 saturated carbocycles. The third kappa shape index (κ3) is 4.45. The maximum Gasteiger partial charge on any atom is 0.251 e. The van der Waals surface area contributed by atoms with Gasteiger partial charge in [-0.1, -0.05) is 26.0 Å². The first-order valence-electron chi connectivity index (χ1n) is 7.70. The molecule has 0 heterocycles. The molecule has 0 aliphatic carbocycles. The maximum atomic E-state index is 12.3. The minimum Gasteiger partial charge on any atom is -0.497 e. The van der Waals surface area contributed by atoms with Crippen LogP contribution in [0.3, 0.4) is 0 Å². The predicted octanol–water partition coefficient (Wildman–Crippen LogP) is 3.14. The molecule has 4 nitrogen and oxygen atoms in total. The van der Waals surface area contributed by atoms with E-state index in [1.165, 1.54) is 0 Å². The molecular formula is C19H23NO3S. The molecule has 0 aliphatic heterocycles. The van der Waals surface area contributed by atoms with Crippen LogP contribution in [0.1, 0.15) is 29.8 Å². The topological polar surface area (TPSA) is 55.4 Å². The highest BCUT2D eigenvalue weighted by atomic mass is 32.2. The third-order valence-electron chi connectivity index (χ3n) is 4.01. The Balaban J connectivity index is 2.02. The standard InChI is InChI=1S/C19H23NO3S/c1-19(2,15-7-9-16(23-3)10-8-15)13-20-18(21)14-5-11-17(12-6-14)24(4)22/h5-12H,13H2,1-4H3,(H,20,21). The second kappa shape index (κ2) is 7.62. The minimum atomic E-state index is -1.04. The molecule has 0 aliphatic rings. The van der Waals surface area contributed by atoms with Gasteiger partial charge in [-0.05, 0) is 42.0 Å². The number of ether oxygens (including phenoxy) is 1. The largest absolute Gasteiger partial charge is 0.497 e. The third-order valence-corrected chi connectivity index (χ3v) is 4.95. The van der Waals surface area contributed by atoms with E-state index in [4.69, 9.17) is 4.74 Å². The molecule has 1 atom stereocenters. The molecule has 5 heteroatoms. The van der Waals surface area contributed by atoms with Gasteiger partial charge in [0.25, 0.3) is 5.91 Å². The molecule has 24 heavy (non-hydrogen) atoms. The number of methoxy groups -OCH3 is 1. The van der Waals surface area contributed by atoms with Crippen LogP contribution in [0.2, 0.25) is 0 Å². The Morgan fingerprint density at radius 1 is 1.08 bits per heavy atom.